The van der Waals surface area contributed by atoms with Crippen LogP contribution in [0.5, 0.6) is 0 Å². The maximum Gasteiger partial charge on any atom is 0.225 e. The topological polar surface area (TPSA) is 94.1 Å². The van der Waals surface area contributed by atoms with E-state index >= 15 is 0 Å². The molecule has 164 valence electrons. The third-order valence-corrected chi connectivity index (χ3v) is 5.75. The van der Waals surface area contributed by atoms with Crippen LogP contribution in [0.25, 0.3) is 28.0 Å². The predicted octanol–water partition coefficient (Wildman–Crippen LogP) is 3.46. The minimum absolute atomic E-state index is 0.496. The minimum atomic E-state index is 0.496. The summed E-state index contributed by atoms with van der Waals surface area (Å²) in [5.74, 6) is 1.02. The Morgan fingerprint density at radius 3 is 2.50 bits per heavy atom. The van der Waals surface area contributed by atoms with Crippen LogP contribution in [0.1, 0.15) is 0 Å². The quantitative estimate of drug-likeness (QED) is 0.465. The van der Waals surface area contributed by atoms with Crippen LogP contribution in [0.15, 0.2) is 54.6 Å². The summed E-state index contributed by atoms with van der Waals surface area (Å²) in [6, 6.07) is 17.3. The Bertz CT molecular complexity index is 1200. The average Bonchev–Trinajstić information content (AvgIpc) is 3.17. The van der Waals surface area contributed by atoms with Crippen LogP contribution in [0, 0.1) is 0 Å². The summed E-state index contributed by atoms with van der Waals surface area (Å²) in [4.78, 5) is 11.8. The number of ether oxygens (including phenoxy) is 1. The van der Waals surface area contributed by atoms with Crippen molar-refractivity contribution in [2.24, 2.45) is 0 Å². The molecule has 0 unspecified atom stereocenters. The smallest absolute Gasteiger partial charge is 0.225 e. The fourth-order valence-electron chi connectivity index (χ4n) is 3.82. The summed E-state index contributed by atoms with van der Waals surface area (Å²) in [6.45, 7) is 5.05. The molecule has 2 aromatic heterocycles. The van der Waals surface area contributed by atoms with Crippen LogP contribution in [0.4, 0.5) is 11.8 Å². The molecule has 0 saturated carbocycles. The van der Waals surface area contributed by atoms with Gasteiger partial charge in [-0.05, 0) is 24.3 Å². The van der Waals surface area contributed by atoms with Crippen molar-refractivity contribution < 1.29 is 4.74 Å². The summed E-state index contributed by atoms with van der Waals surface area (Å²) in [5.41, 5.74) is 9.57. The first kappa shape index (κ1) is 20.7. The highest BCUT2D eigenvalue weighted by Gasteiger charge is 2.19. The Balaban J connectivity index is 1.52. The SMILES string of the molecule is Nc1c2c(-c3ccc(Cl)cc3)nc(NCCN3CCOCC3)nc2nn1-c1ccccc1. The number of anilines is 2. The lowest BCUT2D eigenvalue weighted by atomic mass is 10.1. The molecule has 0 spiro atoms. The maximum absolute atomic E-state index is 6.54. The fraction of sp³-hybridized carbons (Fsp3) is 0.261. The van der Waals surface area contributed by atoms with E-state index in [-0.39, 0.29) is 0 Å². The second-order valence-electron chi connectivity index (χ2n) is 7.61. The largest absolute Gasteiger partial charge is 0.383 e. The van der Waals surface area contributed by atoms with Gasteiger partial charge in [0.1, 0.15) is 5.82 Å². The molecule has 1 aliphatic rings. The highest BCUT2D eigenvalue weighted by molar-refractivity contribution is 6.30. The van der Waals surface area contributed by atoms with Gasteiger partial charge in [0, 0.05) is 36.8 Å². The molecule has 3 N–H and O–H groups in total. The number of hydrogen-bond donors (Lipinski definition) is 2. The van der Waals surface area contributed by atoms with Crippen molar-refractivity contribution in [1.82, 2.24) is 24.6 Å². The second-order valence-corrected chi connectivity index (χ2v) is 8.05. The van der Waals surface area contributed by atoms with E-state index in [0.29, 0.717) is 22.4 Å². The van der Waals surface area contributed by atoms with Crippen LogP contribution in [0.2, 0.25) is 5.02 Å². The molecule has 0 atom stereocenters. The van der Waals surface area contributed by atoms with Crippen LogP contribution in [-0.2, 0) is 4.74 Å². The van der Waals surface area contributed by atoms with Gasteiger partial charge in [-0.2, -0.15) is 4.98 Å². The lowest BCUT2D eigenvalue weighted by Crippen LogP contribution is -2.39. The van der Waals surface area contributed by atoms with Crippen LogP contribution in [-0.4, -0.2) is 64.0 Å². The zero-order valence-corrected chi connectivity index (χ0v) is 18.3. The van der Waals surface area contributed by atoms with Gasteiger partial charge in [-0.15, -0.1) is 5.10 Å². The highest BCUT2D eigenvalue weighted by Crippen LogP contribution is 2.33. The number of hydrogen-bond acceptors (Lipinski definition) is 7. The van der Waals surface area contributed by atoms with Gasteiger partial charge in [-0.1, -0.05) is 41.9 Å². The van der Waals surface area contributed by atoms with E-state index in [1.165, 1.54) is 0 Å². The Morgan fingerprint density at radius 2 is 1.75 bits per heavy atom. The van der Waals surface area contributed by atoms with Crippen LogP contribution >= 0.6 is 11.6 Å². The van der Waals surface area contributed by atoms with Gasteiger partial charge in [-0.3, -0.25) is 4.90 Å². The second kappa shape index (κ2) is 9.12. The zero-order valence-electron chi connectivity index (χ0n) is 17.5. The van der Waals surface area contributed by atoms with E-state index in [0.717, 1.165) is 61.7 Å². The number of nitrogens with zero attached hydrogens (tertiary/aromatic N) is 5. The normalized spacial score (nSPS) is 14.7. The zero-order chi connectivity index (χ0) is 21.9. The van der Waals surface area contributed by atoms with Gasteiger partial charge in [-0.25, -0.2) is 9.67 Å². The summed E-state index contributed by atoms with van der Waals surface area (Å²) in [5, 5.41) is 9.43. The molecule has 1 fully saturated rings. The standard InChI is InChI=1S/C23H24ClN7O/c24-17-8-6-16(7-9-17)20-19-21(25)31(18-4-2-1-3-5-18)29-22(19)28-23(27-20)26-10-11-30-12-14-32-15-13-30/h1-9H,10-15,25H2,(H,26,28,29). The molecule has 2 aromatic carbocycles. The van der Waals surface area contributed by atoms with Gasteiger partial charge in [0.25, 0.3) is 0 Å². The number of halogens is 1. The third-order valence-electron chi connectivity index (χ3n) is 5.50. The molecule has 0 bridgehead atoms. The van der Waals surface area contributed by atoms with E-state index < -0.39 is 0 Å². The molecule has 8 nitrogen and oxygen atoms in total. The summed E-state index contributed by atoms with van der Waals surface area (Å²) in [6.07, 6.45) is 0. The Kier molecular flexibility index (Phi) is 5.89. The number of rotatable bonds is 6. The molecular weight excluding hydrogens is 426 g/mol. The van der Waals surface area contributed by atoms with Gasteiger partial charge >= 0.3 is 0 Å². The number of nitrogen functional groups attached to an aromatic ring is 1. The number of para-hydroxylation sites is 1. The Morgan fingerprint density at radius 1 is 1.00 bits per heavy atom. The number of nitrogens with two attached hydrogens (primary N) is 1. The molecule has 9 heteroatoms. The van der Waals surface area contributed by atoms with Gasteiger partial charge in [0.05, 0.1) is 30.0 Å². The molecule has 5 rings (SSSR count). The summed E-state index contributed by atoms with van der Waals surface area (Å²) < 4.78 is 7.12. The Hall–Kier alpha value is -3.20. The number of fused-ring (bicyclic) bond motifs is 1. The fourth-order valence-corrected chi connectivity index (χ4v) is 3.95. The molecule has 32 heavy (non-hydrogen) atoms. The van der Waals surface area contributed by atoms with E-state index in [9.17, 15) is 0 Å². The first-order chi connectivity index (χ1) is 15.7. The Labute approximate surface area is 191 Å². The van der Waals surface area contributed by atoms with Crippen molar-refractivity contribution in [2.75, 3.05) is 50.4 Å². The van der Waals surface area contributed by atoms with E-state index in [2.05, 4.69) is 15.2 Å². The lowest BCUT2D eigenvalue weighted by molar-refractivity contribution is 0.0398. The predicted molar refractivity (Wildman–Crippen MR) is 127 cm³/mol. The van der Waals surface area contributed by atoms with Gasteiger partial charge < -0.3 is 15.8 Å². The van der Waals surface area contributed by atoms with E-state index in [1.54, 1.807) is 4.68 Å². The van der Waals surface area contributed by atoms with Crippen molar-refractivity contribution in [3.05, 3.63) is 59.6 Å². The molecule has 0 amide bonds. The number of benzene rings is 2. The summed E-state index contributed by atoms with van der Waals surface area (Å²) >= 11 is 6.11. The highest BCUT2D eigenvalue weighted by atomic mass is 35.5. The molecule has 4 aromatic rings. The number of nitrogens with one attached hydrogen (secondary N) is 1. The molecule has 0 radical (unpaired) electrons. The van der Waals surface area contributed by atoms with Crippen LogP contribution in [0.3, 0.4) is 0 Å². The van der Waals surface area contributed by atoms with Crippen molar-refractivity contribution in [3.8, 4) is 16.9 Å². The molecule has 1 aliphatic heterocycles. The van der Waals surface area contributed by atoms with Gasteiger partial charge in [0.2, 0.25) is 5.95 Å². The average molecular weight is 450 g/mol. The van der Waals surface area contributed by atoms with Crippen molar-refractivity contribution in [1.29, 1.82) is 0 Å². The number of aromatic nitrogens is 4. The first-order valence-electron chi connectivity index (χ1n) is 10.6. The molecular formula is C23H24ClN7O. The van der Waals surface area contributed by atoms with Gasteiger partial charge in [0.15, 0.2) is 5.65 Å². The number of morpholine rings is 1. The summed E-state index contributed by atoms with van der Waals surface area (Å²) in [7, 11) is 0. The first-order valence-corrected chi connectivity index (χ1v) is 11.0. The van der Waals surface area contributed by atoms with Crippen LogP contribution < -0.4 is 11.1 Å². The van der Waals surface area contributed by atoms with E-state index in [4.69, 9.17) is 32.2 Å². The monoisotopic (exact) mass is 449 g/mol. The minimum Gasteiger partial charge on any atom is -0.383 e. The van der Waals surface area contributed by atoms with Crippen molar-refractivity contribution in [3.63, 3.8) is 0 Å². The van der Waals surface area contributed by atoms with Crippen molar-refractivity contribution >= 4 is 34.4 Å². The van der Waals surface area contributed by atoms with Crippen molar-refractivity contribution in [2.45, 2.75) is 0 Å². The molecule has 0 aliphatic carbocycles. The maximum atomic E-state index is 6.54. The van der Waals surface area contributed by atoms with E-state index in [1.807, 2.05) is 54.6 Å². The lowest BCUT2D eigenvalue weighted by Gasteiger charge is -2.26. The molecule has 1 saturated heterocycles. The third kappa shape index (κ3) is 4.25. The molecule has 3 heterocycles.